The SMILES string of the molecule is O=C([N]C1CCCCC1)C1CCCCC1. The van der Waals surface area contributed by atoms with Crippen LogP contribution in [0, 0.1) is 5.92 Å². The molecule has 0 spiro atoms. The first kappa shape index (κ1) is 11.0. The monoisotopic (exact) mass is 208 g/mol. The van der Waals surface area contributed by atoms with Crippen molar-refractivity contribution < 1.29 is 4.79 Å². The Kier molecular flexibility index (Phi) is 4.04. The van der Waals surface area contributed by atoms with Crippen molar-refractivity contribution in [1.82, 2.24) is 5.32 Å². The lowest BCUT2D eigenvalue weighted by molar-refractivity contribution is -0.127. The van der Waals surface area contributed by atoms with E-state index in [2.05, 4.69) is 5.32 Å². The maximum absolute atomic E-state index is 11.9. The van der Waals surface area contributed by atoms with Crippen LogP contribution in [0.15, 0.2) is 0 Å². The van der Waals surface area contributed by atoms with E-state index in [1.807, 2.05) is 0 Å². The van der Waals surface area contributed by atoms with Crippen LogP contribution in [-0.4, -0.2) is 11.9 Å². The average molecular weight is 208 g/mol. The van der Waals surface area contributed by atoms with E-state index in [9.17, 15) is 4.79 Å². The summed E-state index contributed by atoms with van der Waals surface area (Å²) in [6.45, 7) is 0. The quantitative estimate of drug-likeness (QED) is 0.686. The van der Waals surface area contributed by atoms with Crippen LogP contribution in [0.2, 0.25) is 0 Å². The molecule has 0 atom stereocenters. The van der Waals surface area contributed by atoms with Crippen LogP contribution in [0.25, 0.3) is 0 Å². The van der Waals surface area contributed by atoms with Crippen molar-refractivity contribution in [3.05, 3.63) is 0 Å². The number of hydrogen-bond donors (Lipinski definition) is 0. The van der Waals surface area contributed by atoms with Crippen LogP contribution < -0.4 is 5.32 Å². The number of rotatable bonds is 2. The summed E-state index contributed by atoms with van der Waals surface area (Å²) in [6.07, 6.45) is 12.1. The van der Waals surface area contributed by atoms with E-state index in [4.69, 9.17) is 0 Å². The molecule has 0 unspecified atom stereocenters. The van der Waals surface area contributed by atoms with Gasteiger partial charge in [0.05, 0.1) is 6.04 Å². The van der Waals surface area contributed by atoms with Crippen molar-refractivity contribution in [3.8, 4) is 0 Å². The van der Waals surface area contributed by atoms with Crippen molar-refractivity contribution in [1.29, 1.82) is 0 Å². The standard InChI is InChI=1S/C13H22NO/c15-13(11-7-3-1-4-8-11)14-12-9-5-2-6-10-12/h11-12H,1-10H2. The van der Waals surface area contributed by atoms with Crippen LogP contribution in [0.3, 0.4) is 0 Å². The van der Waals surface area contributed by atoms with Gasteiger partial charge in [-0.1, -0.05) is 38.5 Å². The first-order valence-electron chi connectivity index (χ1n) is 6.61. The van der Waals surface area contributed by atoms with Gasteiger partial charge < -0.3 is 0 Å². The molecule has 0 aromatic rings. The summed E-state index contributed by atoms with van der Waals surface area (Å²) in [4.78, 5) is 11.9. The summed E-state index contributed by atoms with van der Waals surface area (Å²) >= 11 is 0. The largest absolute Gasteiger partial charge is 0.273 e. The summed E-state index contributed by atoms with van der Waals surface area (Å²) in [6, 6.07) is 0.369. The van der Waals surface area contributed by atoms with Gasteiger partial charge in [0, 0.05) is 5.92 Å². The molecule has 2 aliphatic carbocycles. The zero-order valence-electron chi connectivity index (χ0n) is 9.58. The van der Waals surface area contributed by atoms with Gasteiger partial charge in [-0.3, -0.25) is 4.79 Å². The third-order valence-electron chi connectivity index (χ3n) is 3.84. The van der Waals surface area contributed by atoms with Crippen molar-refractivity contribution in [2.45, 2.75) is 70.3 Å². The third-order valence-corrected chi connectivity index (χ3v) is 3.84. The van der Waals surface area contributed by atoms with Gasteiger partial charge in [0.25, 0.3) is 0 Å². The molecule has 0 heterocycles. The summed E-state index contributed by atoms with van der Waals surface area (Å²) in [5.74, 6) is 0.502. The van der Waals surface area contributed by atoms with Crippen LogP contribution >= 0.6 is 0 Å². The zero-order chi connectivity index (χ0) is 10.5. The topological polar surface area (TPSA) is 31.2 Å². The lowest BCUT2D eigenvalue weighted by atomic mass is 9.87. The van der Waals surface area contributed by atoms with Gasteiger partial charge >= 0.3 is 0 Å². The van der Waals surface area contributed by atoms with E-state index in [0.717, 1.165) is 25.7 Å². The number of hydrogen-bond acceptors (Lipinski definition) is 1. The van der Waals surface area contributed by atoms with E-state index < -0.39 is 0 Å². The molecular formula is C13H22NO. The van der Waals surface area contributed by atoms with Crippen LogP contribution in [0.1, 0.15) is 64.2 Å². The second-order valence-electron chi connectivity index (χ2n) is 5.09. The van der Waals surface area contributed by atoms with E-state index in [1.54, 1.807) is 0 Å². The Bertz CT molecular complexity index is 203. The highest BCUT2D eigenvalue weighted by molar-refractivity contribution is 5.78. The number of nitrogens with zero attached hydrogens (tertiary/aromatic N) is 1. The van der Waals surface area contributed by atoms with Gasteiger partial charge in [-0.15, -0.1) is 0 Å². The van der Waals surface area contributed by atoms with Crippen LogP contribution in [-0.2, 0) is 4.79 Å². The molecule has 0 aliphatic heterocycles. The van der Waals surface area contributed by atoms with Crippen molar-refractivity contribution in [2.24, 2.45) is 5.92 Å². The summed E-state index contributed by atoms with van der Waals surface area (Å²) < 4.78 is 0. The first-order chi connectivity index (χ1) is 7.36. The average Bonchev–Trinajstić information content (AvgIpc) is 2.31. The minimum atomic E-state index is 0.224. The molecule has 1 amide bonds. The first-order valence-corrected chi connectivity index (χ1v) is 6.61. The van der Waals surface area contributed by atoms with Gasteiger partial charge in [-0.25, -0.2) is 5.32 Å². The molecule has 0 aromatic carbocycles. The smallest absolute Gasteiger partial charge is 0.244 e. The summed E-state index contributed by atoms with van der Waals surface area (Å²) in [5.41, 5.74) is 0. The highest BCUT2D eigenvalue weighted by Gasteiger charge is 2.25. The molecule has 2 rings (SSSR count). The normalized spacial score (nSPS) is 25.1. The molecule has 0 N–H and O–H groups in total. The minimum absolute atomic E-state index is 0.224. The third kappa shape index (κ3) is 3.22. The molecule has 0 aromatic heterocycles. The predicted octanol–water partition coefficient (Wildman–Crippen LogP) is 3.03. The highest BCUT2D eigenvalue weighted by atomic mass is 16.1. The molecule has 85 valence electrons. The minimum Gasteiger partial charge on any atom is -0.273 e. The molecular weight excluding hydrogens is 186 g/mol. The van der Waals surface area contributed by atoms with Crippen LogP contribution in [0.5, 0.6) is 0 Å². The molecule has 1 radical (unpaired) electrons. The Hall–Kier alpha value is -0.530. The Labute approximate surface area is 92.8 Å². The van der Waals surface area contributed by atoms with Crippen molar-refractivity contribution in [2.75, 3.05) is 0 Å². The molecule has 2 nitrogen and oxygen atoms in total. The Morgan fingerprint density at radius 1 is 0.800 bits per heavy atom. The van der Waals surface area contributed by atoms with E-state index in [1.165, 1.54) is 38.5 Å². The van der Waals surface area contributed by atoms with Gasteiger partial charge in [0.2, 0.25) is 5.91 Å². The van der Waals surface area contributed by atoms with Crippen molar-refractivity contribution in [3.63, 3.8) is 0 Å². The van der Waals surface area contributed by atoms with Gasteiger partial charge in [0.15, 0.2) is 0 Å². The van der Waals surface area contributed by atoms with Gasteiger partial charge in [0.1, 0.15) is 0 Å². The lowest BCUT2D eigenvalue weighted by Crippen LogP contribution is -2.34. The lowest BCUT2D eigenvalue weighted by Gasteiger charge is -2.25. The fourth-order valence-corrected chi connectivity index (χ4v) is 2.85. The molecule has 2 fully saturated rings. The number of carbonyl (C=O) groups excluding carboxylic acids is 1. The van der Waals surface area contributed by atoms with Crippen molar-refractivity contribution >= 4 is 5.91 Å². The second-order valence-corrected chi connectivity index (χ2v) is 5.09. The Balaban J connectivity index is 1.74. The van der Waals surface area contributed by atoms with Crippen LogP contribution in [0.4, 0.5) is 0 Å². The molecule has 15 heavy (non-hydrogen) atoms. The Morgan fingerprint density at radius 3 is 1.93 bits per heavy atom. The predicted molar refractivity (Wildman–Crippen MR) is 60.6 cm³/mol. The van der Waals surface area contributed by atoms with E-state index in [-0.39, 0.29) is 11.8 Å². The zero-order valence-corrected chi connectivity index (χ0v) is 9.58. The summed E-state index contributed by atoms with van der Waals surface area (Å²) in [5, 5.41) is 4.42. The fraction of sp³-hybridized carbons (Fsp3) is 0.923. The fourth-order valence-electron chi connectivity index (χ4n) is 2.85. The van der Waals surface area contributed by atoms with E-state index in [0.29, 0.717) is 6.04 Å². The van der Waals surface area contributed by atoms with E-state index >= 15 is 0 Å². The van der Waals surface area contributed by atoms with Gasteiger partial charge in [-0.05, 0) is 25.7 Å². The maximum atomic E-state index is 11.9. The summed E-state index contributed by atoms with van der Waals surface area (Å²) in [7, 11) is 0. The second kappa shape index (κ2) is 5.53. The van der Waals surface area contributed by atoms with Gasteiger partial charge in [-0.2, -0.15) is 0 Å². The maximum Gasteiger partial charge on any atom is 0.244 e. The molecule has 2 heteroatoms. The number of carbonyl (C=O) groups is 1. The molecule has 2 saturated carbocycles. The highest BCUT2D eigenvalue weighted by Crippen LogP contribution is 2.25. The molecule has 0 bridgehead atoms. The number of amides is 1. The Morgan fingerprint density at radius 2 is 1.33 bits per heavy atom. The molecule has 0 saturated heterocycles. The molecule has 2 aliphatic rings.